The van der Waals surface area contributed by atoms with Crippen LogP contribution in [0.5, 0.6) is 0 Å². The Bertz CT molecular complexity index is 643. The molecule has 0 saturated heterocycles. The molecule has 1 aliphatic rings. The molecule has 0 atom stereocenters. The van der Waals surface area contributed by atoms with E-state index in [2.05, 4.69) is 30.8 Å². The second kappa shape index (κ2) is 6.55. The van der Waals surface area contributed by atoms with Gasteiger partial charge in [0.05, 0.1) is 18.8 Å². The molecule has 2 N–H and O–H groups in total. The molecule has 3 rings (SSSR count). The summed E-state index contributed by atoms with van der Waals surface area (Å²) in [6, 6.07) is 6.40. The van der Waals surface area contributed by atoms with E-state index >= 15 is 0 Å². The highest BCUT2D eigenvalue weighted by Crippen LogP contribution is 2.18. The van der Waals surface area contributed by atoms with E-state index in [0.29, 0.717) is 19.1 Å². The molecule has 0 radical (unpaired) electrons. The van der Waals surface area contributed by atoms with Crippen LogP contribution in [-0.4, -0.2) is 31.7 Å². The minimum absolute atomic E-state index is 0.538. The normalized spacial score (nSPS) is 14.9. The molecule has 2 aromatic rings. The van der Waals surface area contributed by atoms with Crippen LogP contribution in [-0.2, 0) is 20.1 Å². The number of rotatable bonds is 5. The maximum atomic E-state index is 4.60. The summed E-state index contributed by atoms with van der Waals surface area (Å²) in [4.78, 5) is 8.89. The van der Waals surface area contributed by atoms with E-state index in [0.717, 1.165) is 23.3 Å². The third kappa shape index (κ3) is 3.81. The number of aromatic nitrogens is 4. The lowest BCUT2D eigenvalue weighted by atomic mass is 10.3. The van der Waals surface area contributed by atoms with Gasteiger partial charge in [0.15, 0.2) is 11.8 Å². The second-order valence-corrected chi connectivity index (χ2v) is 5.48. The van der Waals surface area contributed by atoms with Crippen LogP contribution in [0, 0.1) is 6.92 Å². The molecule has 7 heteroatoms. The van der Waals surface area contributed by atoms with Crippen molar-refractivity contribution in [2.75, 3.05) is 0 Å². The predicted octanol–water partition coefficient (Wildman–Crippen LogP) is 0.916. The molecular weight excluding hydrogens is 278 g/mol. The van der Waals surface area contributed by atoms with E-state index in [9.17, 15) is 0 Å². The first-order chi connectivity index (χ1) is 10.7. The quantitative estimate of drug-likeness (QED) is 0.634. The molecule has 2 heterocycles. The van der Waals surface area contributed by atoms with Gasteiger partial charge in [0.25, 0.3) is 0 Å². The van der Waals surface area contributed by atoms with Gasteiger partial charge in [0.2, 0.25) is 0 Å². The van der Waals surface area contributed by atoms with Gasteiger partial charge in [0.1, 0.15) is 5.82 Å². The first-order valence-corrected chi connectivity index (χ1v) is 7.52. The molecule has 0 aliphatic heterocycles. The van der Waals surface area contributed by atoms with Gasteiger partial charge in [-0.05, 0) is 31.9 Å². The van der Waals surface area contributed by atoms with Crippen LogP contribution >= 0.6 is 0 Å². The third-order valence-electron chi connectivity index (χ3n) is 3.64. The highest BCUT2D eigenvalue weighted by Gasteiger charge is 2.22. The van der Waals surface area contributed by atoms with Crippen LogP contribution in [0.25, 0.3) is 0 Å². The Labute approximate surface area is 129 Å². The molecule has 116 valence electrons. The molecule has 0 unspecified atom stereocenters. The molecule has 0 bridgehead atoms. The Balaban J connectivity index is 1.62. The van der Waals surface area contributed by atoms with Gasteiger partial charge in [-0.1, -0.05) is 6.07 Å². The van der Waals surface area contributed by atoms with Gasteiger partial charge < -0.3 is 15.2 Å². The van der Waals surface area contributed by atoms with Crippen LogP contribution in [0.4, 0.5) is 0 Å². The Morgan fingerprint density at radius 2 is 2.23 bits per heavy atom. The summed E-state index contributed by atoms with van der Waals surface area (Å²) < 4.78 is 1.97. The van der Waals surface area contributed by atoms with Crippen molar-refractivity contribution in [2.24, 2.45) is 12.0 Å². The van der Waals surface area contributed by atoms with Crippen LogP contribution in [0.3, 0.4) is 0 Å². The van der Waals surface area contributed by atoms with E-state index in [1.54, 1.807) is 6.20 Å². The number of aliphatic imine (C=N–C) groups is 1. The molecule has 1 aliphatic carbocycles. The van der Waals surface area contributed by atoms with Crippen molar-refractivity contribution in [3.8, 4) is 0 Å². The molecule has 1 saturated carbocycles. The molecule has 0 amide bonds. The second-order valence-electron chi connectivity index (χ2n) is 5.48. The monoisotopic (exact) mass is 299 g/mol. The SMILES string of the molecule is Cc1nnc(CNC(=NCc2ccccn2)NC2CC2)n1C. The number of pyridine rings is 1. The van der Waals surface area contributed by atoms with Crippen LogP contribution in [0.15, 0.2) is 29.4 Å². The smallest absolute Gasteiger partial charge is 0.192 e. The average molecular weight is 299 g/mol. The maximum absolute atomic E-state index is 4.60. The van der Waals surface area contributed by atoms with E-state index in [4.69, 9.17) is 0 Å². The number of guanidine groups is 1. The number of hydrogen-bond acceptors (Lipinski definition) is 4. The van der Waals surface area contributed by atoms with Crippen molar-refractivity contribution < 1.29 is 0 Å². The lowest BCUT2D eigenvalue weighted by Crippen LogP contribution is -2.38. The first-order valence-electron chi connectivity index (χ1n) is 7.52. The minimum atomic E-state index is 0.538. The van der Waals surface area contributed by atoms with Crippen molar-refractivity contribution >= 4 is 5.96 Å². The van der Waals surface area contributed by atoms with E-state index in [1.807, 2.05) is 36.7 Å². The molecule has 22 heavy (non-hydrogen) atoms. The van der Waals surface area contributed by atoms with Crippen LogP contribution in [0.2, 0.25) is 0 Å². The number of nitrogens with zero attached hydrogens (tertiary/aromatic N) is 5. The molecule has 0 aromatic carbocycles. The first kappa shape index (κ1) is 14.5. The summed E-state index contributed by atoms with van der Waals surface area (Å²) >= 11 is 0. The van der Waals surface area contributed by atoms with Crippen molar-refractivity contribution in [3.63, 3.8) is 0 Å². The summed E-state index contributed by atoms with van der Waals surface area (Å²) in [5, 5.41) is 15.0. The van der Waals surface area contributed by atoms with E-state index in [1.165, 1.54) is 12.8 Å². The zero-order chi connectivity index (χ0) is 15.4. The average Bonchev–Trinajstić information content (AvgIpc) is 3.30. The predicted molar refractivity (Wildman–Crippen MR) is 84.1 cm³/mol. The van der Waals surface area contributed by atoms with Gasteiger partial charge in [0, 0.05) is 19.3 Å². The van der Waals surface area contributed by atoms with Gasteiger partial charge in [-0.3, -0.25) is 4.98 Å². The van der Waals surface area contributed by atoms with E-state index in [-0.39, 0.29) is 0 Å². The Hall–Kier alpha value is -2.44. The highest BCUT2D eigenvalue weighted by molar-refractivity contribution is 5.80. The summed E-state index contributed by atoms with van der Waals surface area (Å²) in [5.74, 6) is 2.59. The minimum Gasteiger partial charge on any atom is -0.354 e. The van der Waals surface area contributed by atoms with Gasteiger partial charge >= 0.3 is 0 Å². The molecule has 1 fully saturated rings. The largest absolute Gasteiger partial charge is 0.354 e. The fourth-order valence-corrected chi connectivity index (χ4v) is 1.99. The standard InChI is InChI=1S/C15H21N7/c1-11-20-21-14(22(11)2)10-18-15(19-12-6-7-12)17-9-13-5-3-4-8-16-13/h3-5,8,12H,6-7,9-10H2,1-2H3,(H2,17,18,19). The fourth-order valence-electron chi connectivity index (χ4n) is 1.99. The molecule has 7 nitrogen and oxygen atoms in total. The summed E-state index contributed by atoms with van der Waals surface area (Å²) in [6.45, 7) is 3.09. The van der Waals surface area contributed by atoms with Gasteiger partial charge in [-0.25, -0.2) is 4.99 Å². The molecule has 0 spiro atoms. The zero-order valence-corrected chi connectivity index (χ0v) is 13.0. The summed E-state index contributed by atoms with van der Waals surface area (Å²) in [5.41, 5.74) is 0.953. The molecular formula is C15H21N7. The van der Waals surface area contributed by atoms with Crippen LogP contribution < -0.4 is 10.6 Å². The number of nitrogens with one attached hydrogen (secondary N) is 2. The number of aryl methyl sites for hydroxylation is 1. The van der Waals surface area contributed by atoms with Crippen LogP contribution in [0.1, 0.15) is 30.2 Å². The van der Waals surface area contributed by atoms with E-state index < -0.39 is 0 Å². The maximum Gasteiger partial charge on any atom is 0.192 e. The van der Waals surface area contributed by atoms with Crippen molar-refractivity contribution in [1.82, 2.24) is 30.4 Å². The topological polar surface area (TPSA) is 80.0 Å². The zero-order valence-electron chi connectivity index (χ0n) is 13.0. The van der Waals surface area contributed by atoms with Crippen molar-refractivity contribution in [1.29, 1.82) is 0 Å². The summed E-state index contributed by atoms with van der Waals surface area (Å²) in [7, 11) is 1.96. The highest BCUT2D eigenvalue weighted by atomic mass is 15.3. The van der Waals surface area contributed by atoms with Gasteiger partial charge in [-0.15, -0.1) is 10.2 Å². The lowest BCUT2D eigenvalue weighted by molar-refractivity contribution is 0.712. The Kier molecular flexibility index (Phi) is 4.32. The number of hydrogen-bond donors (Lipinski definition) is 2. The Morgan fingerprint density at radius 1 is 1.36 bits per heavy atom. The molecule has 2 aromatic heterocycles. The lowest BCUT2D eigenvalue weighted by Gasteiger charge is -2.11. The van der Waals surface area contributed by atoms with Crippen molar-refractivity contribution in [3.05, 3.63) is 41.7 Å². The Morgan fingerprint density at radius 3 is 2.86 bits per heavy atom. The van der Waals surface area contributed by atoms with Crippen molar-refractivity contribution in [2.45, 2.75) is 38.9 Å². The fraction of sp³-hybridized carbons (Fsp3) is 0.467. The van der Waals surface area contributed by atoms with Gasteiger partial charge in [-0.2, -0.15) is 0 Å². The summed E-state index contributed by atoms with van der Waals surface area (Å²) in [6.07, 6.45) is 4.19. The third-order valence-corrected chi connectivity index (χ3v) is 3.64.